The summed E-state index contributed by atoms with van der Waals surface area (Å²) in [5.41, 5.74) is 4.87. The van der Waals surface area contributed by atoms with Gasteiger partial charge in [-0.3, -0.25) is 4.79 Å². The first-order chi connectivity index (χ1) is 15.9. The predicted molar refractivity (Wildman–Crippen MR) is 129 cm³/mol. The molecule has 1 heterocycles. The van der Waals surface area contributed by atoms with Gasteiger partial charge in [-0.1, -0.05) is 42.5 Å². The fourth-order valence-electron chi connectivity index (χ4n) is 3.81. The number of hydrogen-bond acceptors (Lipinski definition) is 6. The molecule has 0 radical (unpaired) electrons. The molecule has 1 aliphatic heterocycles. The number of carbonyl (C=O) groups excluding carboxylic acids is 2. The molecule has 3 aromatic rings. The minimum atomic E-state index is -0.473. The number of carbonyl (C=O) groups is 2. The van der Waals surface area contributed by atoms with Gasteiger partial charge in [0.2, 0.25) is 0 Å². The number of nitrogens with zero attached hydrogens (tertiary/aromatic N) is 1. The number of anilines is 2. The highest BCUT2D eigenvalue weighted by molar-refractivity contribution is 6.37. The van der Waals surface area contributed by atoms with Crippen LogP contribution in [0.4, 0.5) is 11.4 Å². The van der Waals surface area contributed by atoms with Crippen molar-refractivity contribution in [3.63, 3.8) is 0 Å². The van der Waals surface area contributed by atoms with E-state index in [2.05, 4.69) is 10.6 Å². The van der Waals surface area contributed by atoms with Gasteiger partial charge >= 0.3 is 5.97 Å². The minimum Gasteiger partial charge on any atom is -0.508 e. The number of amides is 1. The Kier molecular flexibility index (Phi) is 6.15. The van der Waals surface area contributed by atoms with Crippen LogP contribution in [0.25, 0.3) is 11.3 Å². The maximum Gasteiger partial charge on any atom is 0.337 e. The van der Waals surface area contributed by atoms with E-state index in [4.69, 9.17) is 4.74 Å². The van der Waals surface area contributed by atoms with Crippen molar-refractivity contribution in [1.29, 1.82) is 0 Å². The Morgan fingerprint density at radius 2 is 1.79 bits per heavy atom. The van der Waals surface area contributed by atoms with Gasteiger partial charge in [0.1, 0.15) is 5.75 Å². The van der Waals surface area contributed by atoms with Crippen LogP contribution in [0.1, 0.15) is 27.0 Å². The largest absolute Gasteiger partial charge is 0.508 e. The Bertz CT molecular complexity index is 1250. The fourth-order valence-corrected chi connectivity index (χ4v) is 3.81. The number of aromatic hydroxyl groups is 1. The van der Waals surface area contributed by atoms with Crippen molar-refractivity contribution >= 4 is 34.5 Å². The first-order valence-corrected chi connectivity index (χ1v) is 10.4. The molecule has 0 atom stereocenters. The van der Waals surface area contributed by atoms with Crippen LogP contribution in [0.2, 0.25) is 0 Å². The van der Waals surface area contributed by atoms with Crippen LogP contribution in [0.3, 0.4) is 0 Å². The molecular weight excluding hydrogens is 418 g/mol. The molecule has 7 heteroatoms. The van der Waals surface area contributed by atoms with E-state index >= 15 is 0 Å². The zero-order chi connectivity index (χ0) is 23.5. The van der Waals surface area contributed by atoms with Gasteiger partial charge in [0.25, 0.3) is 5.91 Å². The third-order valence-corrected chi connectivity index (χ3v) is 5.34. The van der Waals surface area contributed by atoms with Crippen LogP contribution in [0, 0.1) is 0 Å². The summed E-state index contributed by atoms with van der Waals surface area (Å²) in [5, 5.41) is 16.7. The molecular formula is C26H25N3O4. The monoisotopic (exact) mass is 443 g/mol. The fraction of sp³-hybridized carbons (Fsp3) is 0.154. The molecule has 7 nitrogen and oxygen atoms in total. The molecule has 33 heavy (non-hydrogen) atoms. The predicted octanol–water partition coefficient (Wildman–Crippen LogP) is 4.17. The summed E-state index contributed by atoms with van der Waals surface area (Å²) in [6.45, 7) is 0.608. The molecule has 0 spiro atoms. The summed E-state index contributed by atoms with van der Waals surface area (Å²) in [7, 11) is 5.19. The number of methoxy groups -OCH3 is 1. The molecule has 0 bridgehead atoms. The number of rotatable bonds is 6. The van der Waals surface area contributed by atoms with Crippen molar-refractivity contribution in [2.45, 2.75) is 6.54 Å². The molecule has 168 valence electrons. The van der Waals surface area contributed by atoms with Gasteiger partial charge < -0.3 is 25.4 Å². The molecule has 0 unspecified atom stereocenters. The molecule has 0 fully saturated rings. The second-order valence-corrected chi connectivity index (χ2v) is 8.03. The molecule has 0 aromatic heterocycles. The highest BCUT2D eigenvalue weighted by Gasteiger charge is 2.29. The summed E-state index contributed by atoms with van der Waals surface area (Å²) >= 11 is 0. The number of nitrogens with one attached hydrogen (secondary N) is 2. The van der Waals surface area contributed by atoms with Gasteiger partial charge in [0.15, 0.2) is 0 Å². The summed E-state index contributed by atoms with van der Waals surface area (Å²) in [6, 6.07) is 19.9. The summed E-state index contributed by atoms with van der Waals surface area (Å²) in [6.07, 6.45) is 0. The Hall–Kier alpha value is -4.10. The molecule has 1 aliphatic rings. The van der Waals surface area contributed by atoms with Crippen molar-refractivity contribution in [3.05, 3.63) is 89.0 Å². The van der Waals surface area contributed by atoms with Gasteiger partial charge in [-0.2, -0.15) is 0 Å². The maximum absolute atomic E-state index is 13.0. The molecule has 0 saturated carbocycles. The lowest BCUT2D eigenvalue weighted by molar-refractivity contribution is -0.110. The number of phenols is 1. The van der Waals surface area contributed by atoms with Crippen LogP contribution in [-0.2, 0) is 16.1 Å². The maximum atomic E-state index is 13.0. The van der Waals surface area contributed by atoms with Crippen molar-refractivity contribution in [1.82, 2.24) is 4.90 Å². The second-order valence-electron chi connectivity index (χ2n) is 8.03. The van der Waals surface area contributed by atoms with E-state index in [1.165, 1.54) is 7.11 Å². The molecule has 3 N–H and O–H groups in total. The summed E-state index contributed by atoms with van der Waals surface area (Å²) < 4.78 is 4.79. The van der Waals surface area contributed by atoms with E-state index in [0.717, 1.165) is 11.1 Å². The van der Waals surface area contributed by atoms with E-state index in [0.29, 0.717) is 40.3 Å². The third-order valence-electron chi connectivity index (χ3n) is 5.34. The number of phenolic OH excluding ortho intramolecular Hbond substituents is 1. The lowest BCUT2D eigenvalue weighted by Gasteiger charge is -2.17. The van der Waals surface area contributed by atoms with Gasteiger partial charge in [0.05, 0.1) is 29.6 Å². The third kappa shape index (κ3) is 4.58. The summed E-state index contributed by atoms with van der Waals surface area (Å²) in [4.78, 5) is 26.9. The van der Waals surface area contributed by atoms with Crippen LogP contribution in [-0.4, -0.2) is 43.1 Å². The first kappa shape index (κ1) is 22.1. The molecule has 3 aromatic carbocycles. The number of hydrogen-bond donors (Lipinski definition) is 3. The second kappa shape index (κ2) is 9.18. The molecule has 0 saturated heterocycles. The highest BCUT2D eigenvalue weighted by Crippen LogP contribution is 2.38. The van der Waals surface area contributed by atoms with E-state index < -0.39 is 5.97 Å². The standard InChI is InChI=1S/C26H25N3O4/c1-29(2)15-18-9-11-19(14-22(18)30)27-24(16-7-5-4-6-8-16)23-20-12-10-17(26(32)33-3)13-21(20)28-25(23)31/h4-14,27,30H,15H2,1-3H3,(H,28,31)/b24-23-. The zero-order valence-electron chi connectivity index (χ0n) is 18.7. The van der Waals surface area contributed by atoms with E-state index in [9.17, 15) is 14.7 Å². The Balaban J connectivity index is 1.81. The average Bonchev–Trinajstić information content (AvgIpc) is 3.13. The number of benzene rings is 3. The Labute approximate surface area is 192 Å². The lowest BCUT2D eigenvalue weighted by Crippen LogP contribution is -2.11. The van der Waals surface area contributed by atoms with Crippen molar-refractivity contribution < 1.29 is 19.4 Å². The quantitative estimate of drug-likeness (QED) is 0.391. The van der Waals surface area contributed by atoms with E-state index in [1.54, 1.807) is 24.3 Å². The number of esters is 1. The highest BCUT2D eigenvalue weighted by atomic mass is 16.5. The van der Waals surface area contributed by atoms with Gasteiger partial charge in [0, 0.05) is 29.4 Å². The molecule has 0 aliphatic carbocycles. The van der Waals surface area contributed by atoms with Crippen LogP contribution >= 0.6 is 0 Å². The summed E-state index contributed by atoms with van der Waals surface area (Å²) in [5.74, 6) is -0.587. The van der Waals surface area contributed by atoms with Crippen LogP contribution < -0.4 is 10.6 Å². The van der Waals surface area contributed by atoms with Gasteiger partial charge in [-0.05, 0) is 37.9 Å². The molecule has 1 amide bonds. The van der Waals surface area contributed by atoms with Crippen LogP contribution in [0.5, 0.6) is 5.75 Å². The van der Waals surface area contributed by atoms with Crippen molar-refractivity contribution in [3.8, 4) is 5.75 Å². The van der Waals surface area contributed by atoms with Gasteiger partial charge in [-0.15, -0.1) is 0 Å². The zero-order valence-corrected chi connectivity index (χ0v) is 18.7. The average molecular weight is 444 g/mol. The van der Waals surface area contributed by atoms with Crippen molar-refractivity contribution in [2.75, 3.05) is 31.8 Å². The molecule has 4 rings (SSSR count). The minimum absolute atomic E-state index is 0.171. The lowest BCUT2D eigenvalue weighted by atomic mass is 9.99. The van der Waals surface area contributed by atoms with Gasteiger partial charge in [-0.25, -0.2) is 4.79 Å². The van der Waals surface area contributed by atoms with Crippen LogP contribution in [0.15, 0.2) is 66.7 Å². The SMILES string of the molecule is COC(=O)c1ccc2c(c1)NC(=O)/C2=C(\Nc1ccc(CN(C)C)c(O)c1)c1ccccc1. The first-order valence-electron chi connectivity index (χ1n) is 10.4. The number of fused-ring (bicyclic) bond motifs is 1. The topological polar surface area (TPSA) is 90.9 Å². The smallest absolute Gasteiger partial charge is 0.337 e. The van der Waals surface area contributed by atoms with E-state index in [1.807, 2.05) is 61.5 Å². The van der Waals surface area contributed by atoms with E-state index in [-0.39, 0.29) is 11.7 Å². The normalized spacial score (nSPS) is 14.0. The Morgan fingerprint density at radius 1 is 1.03 bits per heavy atom. The van der Waals surface area contributed by atoms with Crippen molar-refractivity contribution in [2.24, 2.45) is 0 Å². The Morgan fingerprint density at radius 3 is 2.45 bits per heavy atom. The number of ether oxygens (including phenoxy) is 1.